The van der Waals surface area contributed by atoms with Gasteiger partial charge in [-0.3, -0.25) is 9.58 Å². The van der Waals surface area contributed by atoms with Crippen molar-refractivity contribution in [2.24, 2.45) is 0 Å². The Kier molecular flexibility index (Phi) is 6.54. The van der Waals surface area contributed by atoms with Crippen molar-refractivity contribution >= 4 is 0 Å². The summed E-state index contributed by atoms with van der Waals surface area (Å²) in [5.41, 5.74) is 1.91. The van der Waals surface area contributed by atoms with Crippen LogP contribution in [0.5, 0.6) is 5.88 Å². The molecule has 0 aliphatic carbocycles. The molecule has 0 spiro atoms. The van der Waals surface area contributed by atoms with Crippen LogP contribution in [0.3, 0.4) is 0 Å². The Balaban J connectivity index is 1.39. The van der Waals surface area contributed by atoms with Crippen LogP contribution in [0.15, 0.2) is 53.4 Å². The highest BCUT2D eigenvalue weighted by atomic mass is 19.1. The van der Waals surface area contributed by atoms with Crippen LogP contribution in [-0.2, 0) is 11.3 Å². The number of rotatable bonds is 8. The molecule has 0 unspecified atom stereocenters. The molecule has 9 nitrogen and oxygen atoms in total. The van der Waals surface area contributed by atoms with Gasteiger partial charge in [-0.15, -0.1) is 0 Å². The van der Waals surface area contributed by atoms with E-state index in [4.69, 9.17) is 14.0 Å². The molecule has 1 aliphatic rings. The first-order valence-electron chi connectivity index (χ1n) is 10.9. The predicted octanol–water partition coefficient (Wildman–Crippen LogP) is 3.03. The molecule has 0 bridgehead atoms. The number of aromatic nitrogens is 5. The van der Waals surface area contributed by atoms with Crippen LogP contribution in [0.4, 0.5) is 8.78 Å². The number of halogens is 2. The molecule has 1 fully saturated rings. The summed E-state index contributed by atoms with van der Waals surface area (Å²) in [4.78, 5) is 10.5. The molecule has 1 aliphatic heterocycles. The Morgan fingerprint density at radius 2 is 1.88 bits per heavy atom. The summed E-state index contributed by atoms with van der Waals surface area (Å²) in [5.74, 6) is -0.974. The zero-order valence-corrected chi connectivity index (χ0v) is 18.2. The Hall–Kier alpha value is -3.70. The van der Waals surface area contributed by atoms with Gasteiger partial charge in [0.15, 0.2) is 5.82 Å². The molecule has 5 rings (SSSR count). The molecule has 0 radical (unpaired) electrons. The van der Waals surface area contributed by atoms with Gasteiger partial charge < -0.3 is 14.0 Å². The van der Waals surface area contributed by atoms with E-state index < -0.39 is 5.82 Å². The molecular weight excluding hydrogens is 446 g/mol. The van der Waals surface area contributed by atoms with Crippen molar-refractivity contribution in [3.05, 3.63) is 66.1 Å². The average molecular weight is 468 g/mol. The monoisotopic (exact) mass is 468 g/mol. The van der Waals surface area contributed by atoms with Crippen molar-refractivity contribution in [3.63, 3.8) is 0 Å². The molecule has 0 amide bonds. The van der Waals surface area contributed by atoms with E-state index in [2.05, 4.69) is 25.1 Å². The first-order valence-corrected chi connectivity index (χ1v) is 10.9. The van der Waals surface area contributed by atoms with Crippen molar-refractivity contribution in [1.29, 1.82) is 0 Å². The minimum Gasteiger partial charge on any atom is -0.474 e. The Morgan fingerprint density at radius 1 is 1.03 bits per heavy atom. The van der Waals surface area contributed by atoms with E-state index in [1.54, 1.807) is 35.0 Å². The lowest BCUT2D eigenvalue weighted by atomic mass is 10.2. The van der Waals surface area contributed by atoms with Gasteiger partial charge in [-0.1, -0.05) is 23.4 Å². The Morgan fingerprint density at radius 3 is 2.68 bits per heavy atom. The molecule has 1 saturated heterocycles. The second-order valence-corrected chi connectivity index (χ2v) is 7.70. The quantitative estimate of drug-likeness (QED) is 0.390. The maximum atomic E-state index is 14.3. The van der Waals surface area contributed by atoms with E-state index in [-0.39, 0.29) is 30.7 Å². The lowest BCUT2D eigenvalue weighted by Crippen LogP contribution is -2.38. The van der Waals surface area contributed by atoms with Crippen molar-refractivity contribution < 1.29 is 22.8 Å². The zero-order chi connectivity index (χ0) is 23.3. The highest BCUT2D eigenvalue weighted by Gasteiger charge is 2.19. The fourth-order valence-corrected chi connectivity index (χ4v) is 3.66. The number of hydrogen-bond acceptors (Lipinski definition) is 8. The molecular formula is C23H22F2N6O3. The second-order valence-electron chi connectivity index (χ2n) is 7.70. The van der Waals surface area contributed by atoms with Gasteiger partial charge >= 0.3 is 0 Å². The first-order chi connectivity index (χ1) is 16.7. The molecule has 4 heterocycles. The van der Waals surface area contributed by atoms with Crippen LogP contribution in [0.1, 0.15) is 5.56 Å². The minimum absolute atomic E-state index is 0.148. The number of nitrogens with zero attached hydrogens (tertiary/aromatic N) is 6. The van der Waals surface area contributed by atoms with Crippen LogP contribution >= 0.6 is 0 Å². The van der Waals surface area contributed by atoms with E-state index >= 15 is 0 Å². The third-order valence-electron chi connectivity index (χ3n) is 5.45. The number of benzene rings is 1. The summed E-state index contributed by atoms with van der Waals surface area (Å²) in [6, 6.07) is 9.81. The summed E-state index contributed by atoms with van der Waals surface area (Å²) in [7, 11) is 0. The lowest BCUT2D eigenvalue weighted by molar-refractivity contribution is 0.0317. The van der Waals surface area contributed by atoms with Gasteiger partial charge in [0.25, 0.3) is 5.88 Å². The lowest BCUT2D eigenvalue weighted by Gasteiger charge is -2.26. The van der Waals surface area contributed by atoms with Gasteiger partial charge in [0.2, 0.25) is 5.82 Å². The molecule has 11 heteroatoms. The maximum absolute atomic E-state index is 14.3. The average Bonchev–Trinajstić information content (AvgIpc) is 3.53. The van der Waals surface area contributed by atoms with Crippen molar-refractivity contribution in [1.82, 2.24) is 29.8 Å². The van der Waals surface area contributed by atoms with Gasteiger partial charge in [-0.25, -0.2) is 9.37 Å². The van der Waals surface area contributed by atoms with Crippen LogP contribution in [0, 0.1) is 11.6 Å². The predicted molar refractivity (Wildman–Crippen MR) is 117 cm³/mol. The number of ether oxygens (including phenoxy) is 2. The highest BCUT2D eigenvalue weighted by Crippen LogP contribution is 2.26. The fraction of sp³-hybridized carbons (Fsp3) is 0.304. The van der Waals surface area contributed by atoms with Crippen molar-refractivity contribution in [2.45, 2.75) is 6.54 Å². The zero-order valence-electron chi connectivity index (χ0n) is 18.2. The van der Waals surface area contributed by atoms with Gasteiger partial charge in [0.05, 0.1) is 31.6 Å². The number of morpholine rings is 1. The topological polar surface area (TPSA) is 91.3 Å². The first kappa shape index (κ1) is 22.1. The number of hydrogen-bond donors (Lipinski definition) is 0. The summed E-state index contributed by atoms with van der Waals surface area (Å²) in [6.45, 7) is 4.04. The summed E-state index contributed by atoms with van der Waals surface area (Å²) >= 11 is 0. The molecule has 0 N–H and O–H groups in total. The minimum atomic E-state index is -0.659. The third kappa shape index (κ3) is 4.95. The van der Waals surface area contributed by atoms with Crippen LogP contribution in [0.25, 0.3) is 22.9 Å². The fourth-order valence-electron chi connectivity index (χ4n) is 3.66. The van der Waals surface area contributed by atoms with Gasteiger partial charge in [-0.2, -0.15) is 14.5 Å². The molecule has 176 valence electrons. The second kappa shape index (κ2) is 10.1. The largest absolute Gasteiger partial charge is 0.474 e. The van der Waals surface area contributed by atoms with Crippen molar-refractivity contribution in [3.8, 4) is 28.8 Å². The summed E-state index contributed by atoms with van der Waals surface area (Å²) < 4.78 is 46.1. The van der Waals surface area contributed by atoms with E-state index in [0.29, 0.717) is 42.4 Å². The third-order valence-corrected chi connectivity index (χ3v) is 5.45. The summed E-state index contributed by atoms with van der Waals surface area (Å²) in [5, 5.41) is 8.51. The SMILES string of the molecule is Fc1ccccc1Cn1nc(-c2ncc(F)c(OCCN3CCOCC3)n2)cc1-c1ccon1. The maximum Gasteiger partial charge on any atom is 0.254 e. The Labute approximate surface area is 193 Å². The van der Waals surface area contributed by atoms with Crippen LogP contribution in [0.2, 0.25) is 0 Å². The normalized spacial score (nSPS) is 14.4. The van der Waals surface area contributed by atoms with E-state index in [1.807, 2.05) is 0 Å². The molecule has 34 heavy (non-hydrogen) atoms. The molecule has 1 aromatic carbocycles. The molecule has 0 atom stereocenters. The van der Waals surface area contributed by atoms with E-state index in [1.165, 1.54) is 12.3 Å². The summed E-state index contributed by atoms with van der Waals surface area (Å²) in [6.07, 6.45) is 2.49. The Bertz CT molecular complexity index is 1240. The molecule has 4 aromatic rings. The van der Waals surface area contributed by atoms with Crippen molar-refractivity contribution in [2.75, 3.05) is 39.5 Å². The van der Waals surface area contributed by atoms with Crippen LogP contribution in [-0.4, -0.2) is 69.3 Å². The van der Waals surface area contributed by atoms with Gasteiger partial charge in [0.1, 0.15) is 30.1 Å². The molecule has 0 saturated carbocycles. The molecule has 3 aromatic heterocycles. The smallest absolute Gasteiger partial charge is 0.254 e. The van der Waals surface area contributed by atoms with Crippen LogP contribution < -0.4 is 4.74 Å². The highest BCUT2D eigenvalue weighted by molar-refractivity contribution is 5.62. The van der Waals surface area contributed by atoms with E-state index in [0.717, 1.165) is 19.3 Å². The van der Waals surface area contributed by atoms with E-state index in [9.17, 15) is 8.78 Å². The van der Waals surface area contributed by atoms with Gasteiger partial charge in [0, 0.05) is 31.3 Å². The standard InChI is InChI=1S/C23H22F2N6O3/c24-17-4-2-1-3-16(17)15-31-21(19-5-9-34-29-19)13-20(28-31)22-26-14-18(25)23(27-22)33-12-8-30-6-10-32-11-7-30/h1-5,9,13-14H,6-8,10-12,15H2. The van der Waals surface area contributed by atoms with Gasteiger partial charge in [-0.05, 0) is 12.1 Å².